The first kappa shape index (κ1) is 21.5. The van der Waals surface area contributed by atoms with Crippen molar-refractivity contribution in [1.29, 1.82) is 0 Å². The van der Waals surface area contributed by atoms with Crippen molar-refractivity contribution >= 4 is 33.1 Å². The summed E-state index contributed by atoms with van der Waals surface area (Å²) in [6.45, 7) is 2.24. The maximum atomic E-state index is 13.7. The summed E-state index contributed by atoms with van der Waals surface area (Å²) in [5, 5.41) is 3.61. The van der Waals surface area contributed by atoms with Crippen molar-refractivity contribution in [2.75, 3.05) is 26.5 Å². The zero-order chi connectivity index (χ0) is 22.1. The zero-order valence-corrected chi connectivity index (χ0v) is 19.2. The Labute approximate surface area is 185 Å². The molecule has 0 spiro atoms. The van der Waals surface area contributed by atoms with Crippen LogP contribution in [0.3, 0.4) is 0 Å². The molecule has 1 N–H and O–H groups in total. The Morgan fingerprint density at radius 3 is 2.65 bits per heavy atom. The minimum Gasteiger partial charge on any atom is -0.497 e. The third-order valence-corrected chi connectivity index (χ3v) is 6.86. The Morgan fingerprint density at radius 1 is 1.26 bits per heavy atom. The fraction of sp³-hybridized carbons (Fsp3) is 0.435. The van der Waals surface area contributed by atoms with Gasteiger partial charge in [0.2, 0.25) is 5.91 Å². The summed E-state index contributed by atoms with van der Waals surface area (Å²) in [5.74, 6) is 1.07. The average Bonchev–Trinajstić information content (AvgIpc) is 3.12. The molecular formula is C23H28N4O3S. The van der Waals surface area contributed by atoms with E-state index < -0.39 is 6.04 Å². The molecule has 0 fully saturated rings. The number of ether oxygens (including phenoxy) is 1. The third kappa shape index (κ3) is 4.22. The van der Waals surface area contributed by atoms with Crippen LogP contribution in [0, 0.1) is 0 Å². The first-order valence-corrected chi connectivity index (χ1v) is 11.4. The summed E-state index contributed by atoms with van der Waals surface area (Å²) in [6.07, 6.45) is 4.16. The number of aryl methyl sites for hydroxylation is 2. The summed E-state index contributed by atoms with van der Waals surface area (Å²) in [4.78, 5) is 35.6. The fourth-order valence-corrected chi connectivity index (χ4v) is 5.36. The number of fused-ring (bicyclic) bond motifs is 3. The number of carbonyl (C=O) groups excluding carboxylic acids is 1. The molecule has 4 rings (SSSR count). The van der Waals surface area contributed by atoms with Gasteiger partial charge in [0.05, 0.1) is 19.0 Å². The number of methoxy groups -OCH3 is 1. The Kier molecular flexibility index (Phi) is 6.11. The summed E-state index contributed by atoms with van der Waals surface area (Å²) >= 11 is 1.63. The van der Waals surface area contributed by atoms with Gasteiger partial charge in [0, 0.05) is 10.6 Å². The first-order valence-electron chi connectivity index (χ1n) is 10.5. The van der Waals surface area contributed by atoms with Gasteiger partial charge in [0.1, 0.15) is 22.4 Å². The molecule has 0 bridgehead atoms. The number of anilines is 1. The van der Waals surface area contributed by atoms with Gasteiger partial charge in [-0.25, -0.2) is 4.98 Å². The highest BCUT2D eigenvalue weighted by atomic mass is 32.1. The third-order valence-electron chi connectivity index (χ3n) is 5.68. The summed E-state index contributed by atoms with van der Waals surface area (Å²) in [7, 11) is 5.46. The maximum absolute atomic E-state index is 13.7. The quantitative estimate of drug-likeness (QED) is 0.634. The van der Waals surface area contributed by atoms with Crippen LogP contribution in [0.15, 0.2) is 29.1 Å². The number of hydrogen-bond acceptors (Lipinski definition) is 6. The van der Waals surface area contributed by atoms with E-state index in [1.54, 1.807) is 54.2 Å². The fourth-order valence-electron chi connectivity index (χ4n) is 4.09. The van der Waals surface area contributed by atoms with Crippen LogP contribution in [-0.4, -0.2) is 41.6 Å². The molecule has 1 amide bonds. The van der Waals surface area contributed by atoms with Crippen molar-refractivity contribution in [2.45, 2.75) is 45.2 Å². The molecule has 2 heterocycles. The zero-order valence-electron chi connectivity index (χ0n) is 18.4. The van der Waals surface area contributed by atoms with Gasteiger partial charge in [-0.2, -0.15) is 0 Å². The number of thiophene rings is 1. The van der Waals surface area contributed by atoms with Gasteiger partial charge >= 0.3 is 0 Å². The minimum atomic E-state index is -0.694. The summed E-state index contributed by atoms with van der Waals surface area (Å²) in [6, 6.07) is 6.44. The van der Waals surface area contributed by atoms with Crippen LogP contribution >= 0.6 is 11.3 Å². The van der Waals surface area contributed by atoms with Gasteiger partial charge in [0.25, 0.3) is 5.56 Å². The molecule has 1 aliphatic rings. The number of benzene rings is 1. The van der Waals surface area contributed by atoms with Gasteiger partial charge < -0.3 is 15.0 Å². The molecule has 164 valence electrons. The molecule has 2 aromatic heterocycles. The van der Waals surface area contributed by atoms with Crippen molar-refractivity contribution in [1.82, 2.24) is 14.5 Å². The molecule has 8 heteroatoms. The smallest absolute Gasteiger partial charge is 0.263 e. The van der Waals surface area contributed by atoms with Crippen LogP contribution in [0.4, 0.5) is 5.69 Å². The first-order chi connectivity index (χ1) is 14.9. The van der Waals surface area contributed by atoms with Gasteiger partial charge in [-0.1, -0.05) is 0 Å². The van der Waals surface area contributed by atoms with Crippen LogP contribution in [0.25, 0.3) is 10.2 Å². The number of nitrogens with zero attached hydrogens (tertiary/aromatic N) is 3. The van der Waals surface area contributed by atoms with Crippen LogP contribution in [-0.2, 0) is 24.2 Å². The normalized spacial score (nSPS) is 14.5. The highest BCUT2D eigenvalue weighted by Gasteiger charge is 2.26. The number of amides is 1. The molecular weight excluding hydrogens is 412 g/mol. The largest absolute Gasteiger partial charge is 0.497 e. The van der Waals surface area contributed by atoms with Gasteiger partial charge in [0.15, 0.2) is 0 Å². The predicted molar refractivity (Wildman–Crippen MR) is 124 cm³/mol. The van der Waals surface area contributed by atoms with E-state index in [0.29, 0.717) is 29.2 Å². The van der Waals surface area contributed by atoms with Crippen LogP contribution in [0.1, 0.15) is 42.1 Å². The Bertz CT molecular complexity index is 1160. The van der Waals surface area contributed by atoms with E-state index in [-0.39, 0.29) is 11.5 Å². The number of aromatic nitrogens is 2. The van der Waals surface area contributed by atoms with E-state index in [0.717, 1.165) is 36.1 Å². The molecule has 0 saturated heterocycles. The topological polar surface area (TPSA) is 76.5 Å². The van der Waals surface area contributed by atoms with Gasteiger partial charge in [-0.3, -0.25) is 14.2 Å². The predicted octanol–water partition coefficient (Wildman–Crippen LogP) is 3.61. The molecule has 1 aliphatic carbocycles. The van der Waals surface area contributed by atoms with E-state index in [9.17, 15) is 9.59 Å². The minimum absolute atomic E-state index is 0.112. The second-order valence-electron chi connectivity index (χ2n) is 8.23. The summed E-state index contributed by atoms with van der Waals surface area (Å²) in [5.41, 5.74) is 1.68. The van der Waals surface area contributed by atoms with Crippen molar-refractivity contribution in [3.63, 3.8) is 0 Å². The van der Waals surface area contributed by atoms with Crippen molar-refractivity contribution in [3.05, 3.63) is 50.9 Å². The lowest BCUT2D eigenvalue weighted by Gasteiger charge is -2.21. The van der Waals surface area contributed by atoms with Crippen molar-refractivity contribution < 1.29 is 9.53 Å². The monoisotopic (exact) mass is 440 g/mol. The molecule has 3 aromatic rings. The lowest BCUT2D eigenvalue weighted by molar-refractivity contribution is -0.119. The number of carbonyl (C=O) groups is 1. The van der Waals surface area contributed by atoms with E-state index in [1.807, 2.05) is 19.0 Å². The Balaban J connectivity index is 1.75. The molecule has 7 nitrogen and oxygen atoms in total. The highest BCUT2D eigenvalue weighted by molar-refractivity contribution is 7.18. The number of nitrogens with one attached hydrogen (secondary N) is 1. The lowest BCUT2D eigenvalue weighted by atomic mass is 9.97. The lowest BCUT2D eigenvalue weighted by Crippen LogP contribution is -2.36. The molecule has 31 heavy (non-hydrogen) atoms. The van der Waals surface area contributed by atoms with E-state index in [1.165, 1.54) is 4.88 Å². The number of hydrogen-bond donors (Lipinski definition) is 1. The molecule has 1 aromatic carbocycles. The SMILES string of the molecule is COc1ccc(NC(=O)C(C)n2c(CN(C)C)nc3sc4c(c3c2=O)CCCC4)cc1. The van der Waals surface area contributed by atoms with Crippen molar-refractivity contribution in [3.8, 4) is 5.75 Å². The van der Waals surface area contributed by atoms with E-state index in [4.69, 9.17) is 9.72 Å². The van der Waals surface area contributed by atoms with Gasteiger partial charge in [-0.05, 0) is 76.5 Å². The number of rotatable bonds is 6. The average molecular weight is 441 g/mol. The second kappa shape index (κ2) is 8.80. The maximum Gasteiger partial charge on any atom is 0.263 e. The van der Waals surface area contributed by atoms with Crippen LogP contribution in [0.5, 0.6) is 5.75 Å². The van der Waals surface area contributed by atoms with Crippen LogP contribution < -0.4 is 15.6 Å². The van der Waals surface area contributed by atoms with Gasteiger partial charge in [-0.15, -0.1) is 11.3 Å². The second-order valence-corrected chi connectivity index (χ2v) is 9.31. The summed E-state index contributed by atoms with van der Waals surface area (Å²) < 4.78 is 6.74. The van der Waals surface area contributed by atoms with E-state index >= 15 is 0 Å². The standard InChI is InChI=1S/C23H28N4O3S/c1-14(21(28)24-15-9-11-16(30-4)12-10-15)27-19(13-26(2)3)25-22-20(23(27)29)17-7-5-6-8-18(17)31-22/h9-12,14H,5-8,13H2,1-4H3,(H,24,28). The Hall–Kier alpha value is -2.71. The van der Waals surface area contributed by atoms with Crippen LogP contribution in [0.2, 0.25) is 0 Å². The highest BCUT2D eigenvalue weighted by Crippen LogP contribution is 2.34. The van der Waals surface area contributed by atoms with E-state index in [2.05, 4.69) is 5.32 Å². The molecule has 0 aliphatic heterocycles. The van der Waals surface area contributed by atoms with Crippen molar-refractivity contribution in [2.24, 2.45) is 0 Å². The Morgan fingerprint density at radius 2 is 1.97 bits per heavy atom. The molecule has 1 unspecified atom stereocenters. The molecule has 0 radical (unpaired) electrons. The molecule has 0 saturated carbocycles. The molecule has 1 atom stereocenters.